The molecule has 1 heterocycles. The quantitative estimate of drug-likeness (QED) is 0.218. The molecule has 0 saturated carbocycles. The molecule has 4 N–H and O–H groups in total. The minimum absolute atomic E-state index is 0.0584. The molecule has 3 rings (SSSR count). The standard InChI is InChI=1S/C20H30F2N2O.C7H7NO/c1-4-5-15(8-6-12(2)3)20(21,22)19(25)17-16-9-7-13(16)10-14(11-23)18(17)24;1-6(9)7-3-2-4-8-5-7/h10-12,15,19,23,25H,4-9,24H2,1-3H3;2-5H,1H3. The van der Waals surface area contributed by atoms with Gasteiger partial charge in [-0.25, -0.2) is 8.78 Å². The smallest absolute Gasteiger partial charge is 0.280 e. The van der Waals surface area contributed by atoms with Gasteiger partial charge >= 0.3 is 0 Å². The van der Waals surface area contributed by atoms with Crippen molar-refractivity contribution in [1.29, 1.82) is 5.41 Å². The molecular weight excluding hydrogens is 436 g/mol. The van der Waals surface area contributed by atoms with E-state index in [0.29, 0.717) is 49.1 Å². The number of halogens is 2. The zero-order valence-corrected chi connectivity index (χ0v) is 20.6. The molecular formula is C27H37F2N3O2. The zero-order valence-electron chi connectivity index (χ0n) is 20.6. The Morgan fingerprint density at radius 2 is 2.00 bits per heavy atom. The summed E-state index contributed by atoms with van der Waals surface area (Å²) >= 11 is 0. The van der Waals surface area contributed by atoms with Crippen LogP contribution in [0.4, 0.5) is 14.5 Å². The van der Waals surface area contributed by atoms with Gasteiger partial charge in [0.05, 0.1) is 0 Å². The number of rotatable bonds is 10. The van der Waals surface area contributed by atoms with E-state index >= 15 is 8.78 Å². The summed E-state index contributed by atoms with van der Waals surface area (Å²) in [6.07, 6.45) is 5.94. The first-order chi connectivity index (χ1) is 16.0. The summed E-state index contributed by atoms with van der Waals surface area (Å²) < 4.78 is 30.4. The lowest BCUT2D eigenvalue weighted by atomic mass is 9.77. The van der Waals surface area contributed by atoms with E-state index in [9.17, 15) is 9.90 Å². The number of anilines is 1. The fourth-order valence-corrected chi connectivity index (χ4v) is 4.28. The second-order valence-electron chi connectivity index (χ2n) is 9.41. The van der Waals surface area contributed by atoms with Crippen molar-refractivity contribution in [3.8, 4) is 0 Å². The maximum Gasteiger partial charge on any atom is 0.280 e. The predicted molar refractivity (Wildman–Crippen MR) is 133 cm³/mol. The second-order valence-corrected chi connectivity index (χ2v) is 9.41. The highest BCUT2D eigenvalue weighted by molar-refractivity contribution is 5.93. The summed E-state index contributed by atoms with van der Waals surface area (Å²) in [5, 5.41) is 18.1. The van der Waals surface area contributed by atoms with Crippen molar-refractivity contribution in [1.82, 2.24) is 4.98 Å². The van der Waals surface area contributed by atoms with Crippen LogP contribution >= 0.6 is 0 Å². The van der Waals surface area contributed by atoms with Gasteiger partial charge in [0.15, 0.2) is 5.78 Å². The number of hydrogen-bond acceptors (Lipinski definition) is 5. The molecule has 5 nitrogen and oxygen atoms in total. The number of aliphatic hydroxyl groups excluding tert-OH is 1. The van der Waals surface area contributed by atoms with E-state index in [1.165, 1.54) is 6.92 Å². The predicted octanol–water partition coefficient (Wildman–Crippen LogP) is 6.17. The number of nitrogens with zero attached hydrogens (tertiary/aromatic N) is 1. The number of nitrogens with one attached hydrogen (secondary N) is 1. The van der Waals surface area contributed by atoms with Gasteiger partial charge in [-0.2, -0.15) is 0 Å². The highest BCUT2D eigenvalue weighted by atomic mass is 19.3. The lowest BCUT2D eigenvalue weighted by Gasteiger charge is -2.35. The monoisotopic (exact) mass is 473 g/mol. The Labute approximate surface area is 201 Å². The fourth-order valence-electron chi connectivity index (χ4n) is 4.28. The average Bonchev–Trinajstić information content (AvgIpc) is 2.79. The summed E-state index contributed by atoms with van der Waals surface area (Å²) in [4.78, 5) is 14.4. The first kappa shape index (κ1) is 27.6. The normalized spacial score (nSPS) is 14.4. The SMILES string of the molecule is CC(=O)c1cccnc1.CCCC(CCC(C)C)C(F)(F)C(O)c1c(N)c(C=N)cc2c1CC2. The van der Waals surface area contributed by atoms with Crippen molar-refractivity contribution in [3.05, 3.63) is 58.4 Å². The number of hydrogen-bond donors (Lipinski definition) is 3. The molecule has 1 aromatic heterocycles. The number of pyridine rings is 1. The lowest BCUT2D eigenvalue weighted by Crippen LogP contribution is -2.37. The van der Waals surface area contributed by atoms with Crippen molar-refractivity contribution in [2.75, 3.05) is 5.73 Å². The van der Waals surface area contributed by atoms with Crippen molar-refractivity contribution < 1.29 is 18.7 Å². The van der Waals surface area contributed by atoms with Crippen molar-refractivity contribution in [2.24, 2.45) is 11.8 Å². The summed E-state index contributed by atoms with van der Waals surface area (Å²) in [6, 6.07) is 5.27. The molecule has 0 aliphatic heterocycles. The molecule has 0 amide bonds. The number of benzene rings is 1. The number of nitrogens with two attached hydrogens (primary N) is 1. The number of carbonyl (C=O) groups is 1. The Morgan fingerprint density at radius 1 is 1.29 bits per heavy atom. The van der Waals surface area contributed by atoms with Gasteiger partial charge in [0.1, 0.15) is 6.10 Å². The number of aromatic nitrogens is 1. The van der Waals surface area contributed by atoms with Gasteiger partial charge in [-0.3, -0.25) is 9.78 Å². The van der Waals surface area contributed by atoms with Gasteiger partial charge in [0.25, 0.3) is 5.92 Å². The van der Waals surface area contributed by atoms with Gasteiger partial charge in [0.2, 0.25) is 0 Å². The van der Waals surface area contributed by atoms with Gasteiger partial charge in [-0.15, -0.1) is 0 Å². The Kier molecular flexibility index (Phi) is 9.86. The minimum Gasteiger partial charge on any atom is -0.398 e. The van der Waals surface area contributed by atoms with Crippen molar-refractivity contribution in [2.45, 2.75) is 78.2 Å². The number of aliphatic hydroxyl groups is 1. The molecule has 0 radical (unpaired) electrons. The number of fused-ring (bicyclic) bond motifs is 1. The van der Waals surface area contributed by atoms with Crippen LogP contribution < -0.4 is 5.73 Å². The molecule has 0 saturated heterocycles. The van der Waals surface area contributed by atoms with E-state index in [1.54, 1.807) is 30.6 Å². The third kappa shape index (κ3) is 6.47. The van der Waals surface area contributed by atoms with E-state index in [4.69, 9.17) is 11.1 Å². The molecule has 2 atom stereocenters. The van der Waals surface area contributed by atoms with Crippen LogP contribution in [0.5, 0.6) is 0 Å². The van der Waals surface area contributed by atoms with Crippen LogP contribution in [0, 0.1) is 17.2 Å². The second kappa shape index (κ2) is 12.2. The van der Waals surface area contributed by atoms with Gasteiger partial charge in [-0.05, 0) is 67.9 Å². The molecule has 1 aliphatic carbocycles. The molecule has 0 fully saturated rings. The molecule has 186 valence electrons. The Balaban J connectivity index is 0.000000379. The number of Topliss-reactive ketones (excluding diaryl/α,β-unsaturated/α-hetero) is 1. The molecule has 1 aromatic carbocycles. The average molecular weight is 474 g/mol. The molecule has 0 bridgehead atoms. The lowest BCUT2D eigenvalue weighted by molar-refractivity contribution is -0.155. The summed E-state index contributed by atoms with van der Waals surface area (Å²) in [5.74, 6) is -3.69. The molecule has 34 heavy (non-hydrogen) atoms. The Bertz CT molecular complexity index is 978. The molecule has 2 aromatic rings. The number of alkyl halides is 2. The third-order valence-electron chi connectivity index (χ3n) is 6.42. The largest absolute Gasteiger partial charge is 0.398 e. The van der Waals surface area contributed by atoms with Crippen LogP contribution in [0.2, 0.25) is 0 Å². The molecule has 2 unspecified atom stereocenters. The van der Waals surface area contributed by atoms with E-state index in [1.807, 2.05) is 20.8 Å². The summed E-state index contributed by atoms with van der Waals surface area (Å²) in [6.45, 7) is 7.45. The maximum atomic E-state index is 15.2. The number of carbonyl (C=O) groups excluding carboxylic acids is 1. The van der Waals surface area contributed by atoms with Crippen LogP contribution in [0.15, 0.2) is 30.6 Å². The van der Waals surface area contributed by atoms with Crippen LogP contribution in [-0.4, -0.2) is 28.0 Å². The molecule has 7 heteroatoms. The van der Waals surface area contributed by atoms with Crippen LogP contribution in [0.25, 0.3) is 0 Å². The van der Waals surface area contributed by atoms with E-state index in [-0.39, 0.29) is 17.0 Å². The van der Waals surface area contributed by atoms with Gasteiger partial charge < -0.3 is 16.2 Å². The van der Waals surface area contributed by atoms with Gasteiger partial charge in [0, 0.05) is 46.9 Å². The highest BCUT2D eigenvalue weighted by Gasteiger charge is 2.48. The Hall–Kier alpha value is -2.67. The summed E-state index contributed by atoms with van der Waals surface area (Å²) in [7, 11) is 0. The Morgan fingerprint density at radius 3 is 2.44 bits per heavy atom. The van der Waals surface area contributed by atoms with Crippen LogP contribution in [-0.2, 0) is 12.8 Å². The van der Waals surface area contributed by atoms with E-state index in [0.717, 1.165) is 23.8 Å². The van der Waals surface area contributed by atoms with Gasteiger partial charge in [-0.1, -0.05) is 33.6 Å². The number of ketones is 1. The van der Waals surface area contributed by atoms with E-state index < -0.39 is 17.9 Å². The minimum atomic E-state index is -3.23. The molecule has 1 aliphatic rings. The summed E-state index contributed by atoms with van der Waals surface area (Å²) in [5.41, 5.74) is 9.07. The van der Waals surface area contributed by atoms with Crippen molar-refractivity contribution >= 4 is 17.7 Å². The van der Waals surface area contributed by atoms with Crippen molar-refractivity contribution in [3.63, 3.8) is 0 Å². The number of nitrogen functional groups attached to an aromatic ring is 1. The van der Waals surface area contributed by atoms with Crippen LogP contribution in [0.3, 0.4) is 0 Å². The van der Waals surface area contributed by atoms with Crippen LogP contribution in [0.1, 0.15) is 92.1 Å². The topological polar surface area (TPSA) is 100 Å². The fraction of sp³-hybridized carbons (Fsp3) is 0.519. The molecule has 0 spiro atoms. The number of aryl methyl sites for hydroxylation is 1. The zero-order chi connectivity index (χ0) is 25.5. The maximum absolute atomic E-state index is 15.2. The van der Waals surface area contributed by atoms with E-state index in [2.05, 4.69) is 4.98 Å². The third-order valence-corrected chi connectivity index (χ3v) is 6.42. The first-order valence-electron chi connectivity index (χ1n) is 12.0. The first-order valence-corrected chi connectivity index (χ1v) is 12.0. The highest BCUT2D eigenvalue weighted by Crippen LogP contribution is 2.47.